The third kappa shape index (κ3) is 3.25. The lowest BCUT2D eigenvalue weighted by Crippen LogP contribution is -2.42. The van der Waals surface area contributed by atoms with Crippen LogP contribution in [0.3, 0.4) is 0 Å². The van der Waals surface area contributed by atoms with E-state index in [-0.39, 0.29) is 0 Å². The second kappa shape index (κ2) is 6.41. The van der Waals surface area contributed by atoms with E-state index in [9.17, 15) is 0 Å². The third-order valence-corrected chi connectivity index (χ3v) is 3.46. The van der Waals surface area contributed by atoms with Gasteiger partial charge in [-0.25, -0.2) is 0 Å². The molecule has 1 heterocycles. The maximum Gasteiger partial charge on any atom is 0.0192 e. The van der Waals surface area contributed by atoms with Crippen molar-refractivity contribution in [3.8, 4) is 0 Å². The molecule has 0 aromatic carbocycles. The SMILES string of the molecule is CCC1CN(C(CC)CC)CCCN1. The summed E-state index contributed by atoms with van der Waals surface area (Å²) in [6.07, 6.45) is 5.17. The zero-order valence-electron chi connectivity index (χ0n) is 10.1. The van der Waals surface area contributed by atoms with Crippen LogP contribution >= 0.6 is 0 Å². The summed E-state index contributed by atoms with van der Waals surface area (Å²) in [5.74, 6) is 0. The molecule has 1 fully saturated rings. The Morgan fingerprint density at radius 1 is 1.29 bits per heavy atom. The van der Waals surface area contributed by atoms with E-state index in [4.69, 9.17) is 0 Å². The van der Waals surface area contributed by atoms with Crippen molar-refractivity contribution in [3.05, 3.63) is 0 Å². The van der Waals surface area contributed by atoms with Crippen LogP contribution in [0.5, 0.6) is 0 Å². The van der Waals surface area contributed by atoms with E-state index < -0.39 is 0 Å². The molecular formula is C12H26N2. The average Bonchev–Trinajstić information content (AvgIpc) is 2.45. The molecule has 2 nitrogen and oxygen atoms in total. The largest absolute Gasteiger partial charge is 0.313 e. The van der Waals surface area contributed by atoms with Crippen LogP contribution < -0.4 is 5.32 Å². The van der Waals surface area contributed by atoms with Crippen molar-refractivity contribution in [2.24, 2.45) is 0 Å². The van der Waals surface area contributed by atoms with Crippen LogP contribution in [0.25, 0.3) is 0 Å². The highest BCUT2D eigenvalue weighted by molar-refractivity contribution is 4.79. The lowest BCUT2D eigenvalue weighted by Gasteiger charge is -2.31. The maximum absolute atomic E-state index is 3.62. The predicted octanol–water partition coefficient (Wildman–Crippen LogP) is 2.25. The number of hydrogen-bond donors (Lipinski definition) is 1. The van der Waals surface area contributed by atoms with Gasteiger partial charge in [-0.3, -0.25) is 4.90 Å². The van der Waals surface area contributed by atoms with Crippen molar-refractivity contribution in [1.82, 2.24) is 10.2 Å². The molecule has 1 atom stereocenters. The highest BCUT2D eigenvalue weighted by Crippen LogP contribution is 2.12. The van der Waals surface area contributed by atoms with Crippen LogP contribution in [0.2, 0.25) is 0 Å². The van der Waals surface area contributed by atoms with Gasteiger partial charge in [-0.2, -0.15) is 0 Å². The summed E-state index contributed by atoms with van der Waals surface area (Å²) in [6.45, 7) is 10.7. The Morgan fingerprint density at radius 2 is 2.00 bits per heavy atom. The fourth-order valence-electron chi connectivity index (χ4n) is 2.44. The molecule has 0 radical (unpaired) electrons. The quantitative estimate of drug-likeness (QED) is 0.745. The molecule has 1 saturated heterocycles. The number of rotatable bonds is 4. The van der Waals surface area contributed by atoms with Gasteiger partial charge in [0.1, 0.15) is 0 Å². The standard InChI is InChI=1S/C12H26N2/c1-4-11-10-14(9-7-8-13-11)12(5-2)6-3/h11-13H,4-10H2,1-3H3. The van der Waals surface area contributed by atoms with E-state index in [1.165, 1.54) is 45.3 Å². The summed E-state index contributed by atoms with van der Waals surface area (Å²) in [6, 6.07) is 1.53. The van der Waals surface area contributed by atoms with Crippen LogP contribution in [0.4, 0.5) is 0 Å². The van der Waals surface area contributed by atoms with Gasteiger partial charge in [0, 0.05) is 18.6 Å². The molecule has 0 aromatic heterocycles. The summed E-state index contributed by atoms with van der Waals surface area (Å²) in [7, 11) is 0. The van der Waals surface area contributed by atoms with E-state index in [1.54, 1.807) is 0 Å². The molecule has 0 amide bonds. The van der Waals surface area contributed by atoms with E-state index in [1.807, 2.05) is 0 Å². The van der Waals surface area contributed by atoms with Gasteiger partial charge in [0.25, 0.3) is 0 Å². The first-order valence-corrected chi connectivity index (χ1v) is 6.29. The Morgan fingerprint density at radius 3 is 2.57 bits per heavy atom. The molecule has 14 heavy (non-hydrogen) atoms. The topological polar surface area (TPSA) is 15.3 Å². The lowest BCUT2D eigenvalue weighted by atomic mass is 10.1. The van der Waals surface area contributed by atoms with Crippen molar-refractivity contribution in [2.75, 3.05) is 19.6 Å². The molecule has 1 aliphatic heterocycles. The Balaban J connectivity index is 2.48. The van der Waals surface area contributed by atoms with Crippen LogP contribution in [-0.4, -0.2) is 36.6 Å². The van der Waals surface area contributed by atoms with Gasteiger partial charge < -0.3 is 5.32 Å². The van der Waals surface area contributed by atoms with Crippen LogP contribution in [-0.2, 0) is 0 Å². The number of nitrogens with one attached hydrogen (secondary N) is 1. The minimum atomic E-state index is 0.720. The molecule has 1 unspecified atom stereocenters. The molecule has 1 aliphatic rings. The van der Waals surface area contributed by atoms with E-state index in [0.717, 1.165) is 12.1 Å². The smallest absolute Gasteiger partial charge is 0.0192 e. The Bertz CT molecular complexity index is 143. The van der Waals surface area contributed by atoms with Crippen molar-refractivity contribution >= 4 is 0 Å². The fraction of sp³-hybridized carbons (Fsp3) is 1.00. The fourth-order valence-corrected chi connectivity index (χ4v) is 2.44. The molecule has 0 aliphatic carbocycles. The van der Waals surface area contributed by atoms with Gasteiger partial charge >= 0.3 is 0 Å². The zero-order chi connectivity index (χ0) is 10.4. The molecule has 1 rings (SSSR count). The minimum absolute atomic E-state index is 0.720. The van der Waals surface area contributed by atoms with Gasteiger partial charge in [0.2, 0.25) is 0 Å². The molecule has 0 aromatic rings. The van der Waals surface area contributed by atoms with Crippen molar-refractivity contribution < 1.29 is 0 Å². The van der Waals surface area contributed by atoms with Crippen LogP contribution in [0.1, 0.15) is 46.5 Å². The van der Waals surface area contributed by atoms with Crippen molar-refractivity contribution in [2.45, 2.75) is 58.5 Å². The summed E-state index contributed by atoms with van der Waals surface area (Å²) in [5.41, 5.74) is 0. The van der Waals surface area contributed by atoms with Gasteiger partial charge in [0.15, 0.2) is 0 Å². The van der Waals surface area contributed by atoms with E-state index in [2.05, 4.69) is 31.0 Å². The summed E-state index contributed by atoms with van der Waals surface area (Å²) in [5, 5.41) is 3.62. The molecule has 1 N–H and O–H groups in total. The third-order valence-electron chi connectivity index (χ3n) is 3.46. The second-order valence-corrected chi connectivity index (χ2v) is 4.38. The number of nitrogens with zero attached hydrogens (tertiary/aromatic N) is 1. The summed E-state index contributed by atoms with van der Waals surface area (Å²) >= 11 is 0. The van der Waals surface area contributed by atoms with Crippen molar-refractivity contribution in [1.29, 1.82) is 0 Å². The highest BCUT2D eigenvalue weighted by Gasteiger charge is 2.20. The molecule has 84 valence electrons. The zero-order valence-corrected chi connectivity index (χ0v) is 10.1. The van der Waals surface area contributed by atoms with Crippen LogP contribution in [0.15, 0.2) is 0 Å². The summed E-state index contributed by atoms with van der Waals surface area (Å²) < 4.78 is 0. The van der Waals surface area contributed by atoms with E-state index >= 15 is 0 Å². The van der Waals surface area contributed by atoms with Gasteiger partial charge in [0.05, 0.1) is 0 Å². The van der Waals surface area contributed by atoms with Gasteiger partial charge in [-0.15, -0.1) is 0 Å². The van der Waals surface area contributed by atoms with Crippen LogP contribution in [0, 0.1) is 0 Å². The molecule has 0 spiro atoms. The number of hydrogen-bond acceptors (Lipinski definition) is 2. The molecule has 2 heteroatoms. The minimum Gasteiger partial charge on any atom is -0.313 e. The normalized spacial score (nSPS) is 25.3. The first kappa shape index (κ1) is 12.0. The van der Waals surface area contributed by atoms with Gasteiger partial charge in [-0.1, -0.05) is 20.8 Å². The Hall–Kier alpha value is -0.0800. The van der Waals surface area contributed by atoms with Crippen molar-refractivity contribution in [3.63, 3.8) is 0 Å². The lowest BCUT2D eigenvalue weighted by molar-refractivity contribution is 0.181. The molecule has 0 bridgehead atoms. The summed E-state index contributed by atoms with van der Waals surface area (Å²) in [4.78, 5) is 2.69. The first-order valence-electron chi connectivity index (χ1n) is 6.29. The van der Waals surface area contributed by atoms with Gasteiger partial charge in [-0.05, 0) is 38.8 Å². The molecular weight excluding hydrogens is 172 g/mol. The Kier molecular flexibility index (Phi) is 5.49. The highest BCUT2D eigenvalue weighted by atomic mass is 15.2. The Labute approximate surface area is 89.1 Å². The first-order chi connectivity index (χ1) is 6.81. The molecule has 0 saturated carbocycles. The second-order valence-electron chi connectivity index (χ2n) is 4.38. The van der Waals surface area contributed by atoms with E-state index in [0.29, 0.717) is 0 Å². The monoisotopic (exact) mass is 198 g/mol. The maximum atomic E-state index is 3.62. The predicted molar refractivity (Wildman–Crippen MR) is 62.6 cm³/mol. The average molecular weight is 198 g/mol.